The Balaban J connectivity index is 2.26. The molecule has 1 heteroatoms. The van der Waals surface area contributed by atoms with Crippen LogP contribution >= 0.6 is 0 Å². The third kappa shape index (κ3) is 1.16. The molecule has 0 aromatic carbocycles. The summed E-state index contributed by atoms with van der Waals surface area (Å²) in [5.41, 5.74) is 0. The van der Waals surface area contributed by atoms with Gasteiger partial charge in [-0.15, -0.1) is 0 Å². The predicted molar refractivity (Wildman–Crippen MR) is 28.7 cm³/mol. The van der Waals surface area contributed by atoms with E-state index in [2.05, 4.69) is 6.92 Å². The highest BCUT2D eigenvalue weighted by molar-refractivity contribution is 4.80. The minimum absolute atomic E-state index is 0.486. The van der Waals surface area contributed by atoms with Crippen molar-refractivity contribution in [2.45, 2.75) is 32.8 Å². The van der Waals surface area contributed by atoms with Crippen molar-refractivity contribution in [1.29, 1.82) is 0 Å². The molecule has 1 saturated heterocycles. The van der Waals surface area contributed by atoms with Crippen LogP contribution in [-0.2, 0) is 4.74 Å². The Labute approximate surface area is 44.7 Å². The Morgan fingerprint density at radius 2 is 2.43 bits per heavy atom. The van der Waals surface area contributed by atoms with Gasteiger partial charge in [-0.05, 0) is 26.7 Å². The molecule has 0 saturated carbocycles. The Bertz CT molecular complexity index is 53.2. The lowest BCUT2D eigenvalue weighted by atomic mass is 10.2. The Morgan fingerprint density at radius 1 is 1.71 bits per heavy atom. The highest BCUT2D eigenvalue weighted by atomic mass is 16.5. The predicted octanol–water partition coefficient (Wildman–Crippen LogP) is 1.74. The van der Waals surface area contributed by atoms with E-state index in [1.807, 2.05) is 6.92 Å². The molecule has 1 rings (SSSR count). The maximum atomic E-state index is 5.28. The van der Waals surface area contributed by atoms with Crippen molar-refractivity contribution in [1.82, 2.24) is 0 Å². The van der Waals surface area contributed by atoms with Crippen LogP contribution in [0.15, 0.2) is 0 Å². The maximum absolute atomic E-state index is 5.28. The van der Waals surface area contributed by atoms with Gasteiger partial charge in [0.2, 0.25) is 0 Å². The zero-order chi connectivity index (χ0) is 5.28. The molecule has 0 aromatic heterocycles. The molecule has 1 aliphatic rings. The summed E-state index contributed by atoms with van der Waals surface area (Å²) in [6.45, 7) is 4.15. The first kappa shape index (κ1) is 5.10. The molecule has 0 aliphatic carbocycles. The first-order valence-electron chi connectivity index (χ1n) is 2.78. The van der Waals surface area contributed by atoms with Crippen LogP contribution in [0.4, 0.5) is 0 Å². The van der Waals surface area contributed by atoms with Gasteiger partial charge in [-0.1, -0.05) is 0 Å². The van der Waals surface area contributed by atoms with Gasteiger partial charge in [0.25, 0.3) is 0 Å². The van der Waals surface area contributed by atoms with Crippen LogP contribution in [0, 0.1) is 6.10 Å². The van der Waals surface area contributed by atoms with Gasteiger partial charge in [0.05, 0.1) is 12.2 Å². The van der Waals surface area contributed by atoms with Gasteiger partial charge in [0.15, 0.2) is 0 Å². The molecule has 0 N–H and O–H groups in total. The monoisotopic (exact) mass is 99.1 g/mol. The third-order valence-electron chi connectivity index (χ3n) is 1.31. The number of hydrogen-bond donors (Lipinski definition) is 0. The second kappa shape index (κ2) is 1.83. The standard InChI is InChI=1S/C6H11O/c1-5-3-4-6(2)7-5/h5H,3-4H2,1-2H3. The molecule has 1 unspecified atom stereocenters. The van der Waals surface area contributed by atoms with Gasteiger partial charge in [0.1, 0.15) is 0 Å². The second-order valence-electron chi connectivity index (χ2n) is 2.17. The topological polar surface area (TPSA) is 9.23 Å². The highest BCUT2D eigenvalue weighted by Gasteiger charge is 2.17. The van der Waals surface area contributed by atoms with Crippen LogP contribution in [-0.4, -0.2) is 6.10 Å². The number of ether oxygens (including phenoxy) is 1. The lowest BCUT2D eigenvalue weighted by molar-refractivity contribution is 0.133. The average Bonchev–Trinajstić information content (AvgIpc) is 1.87. The number of hydrogen-bond acceptors (Lipinski definition) is 1. The van der Waals surface area contributed by atoms with E-state index < -0.39 is 0 Å². The van der Waals surface area contributed by atoms with Gasteiger partial charge in [0, 0.05) is 0 Å². The Hall–Kier alpha value is -0.0400. The van der Waals surface area contributed by atoms with Crippen LogP contribution in [0.5, 0.6) is 0 Å². The van der Waals surface area contributed by atoms with Crippen LogP contribution in [0.25, 0.3) is 0 Å². The largest absolute Gasteiger partial charge is 0.369 e. The molecule has 1 atom stereocenters. The van der Waals surface area contributed by atoms with E-state index in [0.717, 1.165) is 0 Å². The molecule has 1 nitrogen and oxygen atoms in total. The zero-order valence-electron chi connectivity index (χ0n) is 4.90. The minimum Gasteiger partial charge on any atom is -0.369 e. The van der Waals surface area contributed by atoms with Crippen molar-refractivity contribution >= 4 is 0 Å². The molecule has 7 heavy (non-hydrogen) atoms. The van der Waals surface area contributed by atoms with E-state index in [1.54, 1.807) is 0 Å². The molecular weight excluding hydrogens is 88.1 g/mol. The van der Waals surface area contributed by atoms with E-state index in [4.69, 9.17) is 4.74 Å². The van der Waals surface area contributed by atoms with Crippen molar-refractivity contribution in [3.05, 3.63) is 6.10 Å². The lowest BCUT2D eigenvalue weighted by Crippen LogP contribution is -1.96. The summed E-state index contributed by atoms with van der Waals surface area (Å²) >= 11 is 0. The quantitative estimate of drug-likeness (QED) is 0.449. The van der Waals surface area contributed by atoms with Gasteiger partial charge in [-0.25, -0.2) is 0 Å². The third-order valence-corrected chi connectivity index (χ3v) is 1.31. The summed E-state index contributed by atoms with van der Waals surface area (Å²) in [6, 6.07) is 0. The average molecular weight is 99.2 g/mol. The molecule has 0 amide bonds. The summed E-state index contributed by atoms with van der Waals surface area (Å²) in [4.78, 5) is 0. The van der Waals surface area contributed by atoms with Crippen molar-refractivity contribution in [3.63, 3.8) is 0 Å². The summed E-state index contributed by atoms with van der Waals surface area (Å²) < 4.78 is 5.28. The fourth-order valence-electron chi connectivity index (χ4n) is 0.868. The van der Waals surface area contributed by atoms with Gasteiger partial charge < -0.3 is 4.74 Å². The Kier molecular flexibility index (Phi) is 1.33. The normalized spacial score (nSPS) is 34.3. The Morgan fingerprint density at radius 3 is 2.57 bits per heavy atom. The van der Waals surface area contributed by atoms with E-state index in [0.29, 0.717) is 6.10 Å². The summed E-state index contributed by atoms with van der Waals surface area (Å²) in [5, 5.41) is 0. The molecule has 0 aromatic rings. The zero-order valence-corrected chi connectivity index (χ0v) is 4.90. The first-order valence-corrected chi connectivity index (χ1v) is 2.78. The van der Waals surface area contributed by atoms with E-state index in [-0.39, 0.29) is 0 Å². The molecule has 1 radical (unpaired) electrons. The van der Waals surface area contributed by atoms with Crippen molar-refractivity contribution < 1.29 is 4.74 Å². The van der Waals surface area contributed by atoms with Crippen molar-refractivity contribution in [2.24, 2.45) is 0 Å². The lowest BCUT2D eigenvalue weighted by Gasteiger charge is -2.00. The fourth-order valence-corrected chi connectivity index (χ4v) is 0.868. The summed E-state index contributed by atoms with van der Waals surface area (Å²) in [7, 11) is 0. The van der Waals surface area contributed by atoms with Gasteiger partial charge in [-0.3, -0.25) is 0 Å². The summed E-state index contributed by atoms with van der Waals surface area (Å²) in [6.07, 6.45) is 4.07. The molecule has 0 bridgehead atoms. The molecular formula is C6H11O. The van der Waals surface area contributed by atoms with Gasteiger partial charge >= 0.3 is 0 Å². The van der Waals surface area contributed by atoms with Crippen LogP contribution < -0.4 is 0 Å². The van der Waals surface area contributed by atoms with E-state index in [9.17, 15) is 0 Å². The van der Waals surface area contributed by atoms with Crippen molar-refractivity contribution in [3.8, 4) is 0 Å². The molecule has 1 heterocycles. The number of rotatable bonds is 0. The van der Waals surface area contributed by atoms with Gasteiger partial charge in [-0.2, -0.15) is 0 Å². The molecule has 0 spiro atoms. The van der Waals surface area contributed by atoms with Crippen LogP contribution in [0.1, 0.15) is 26.7 Å². The molecule has 1 aliphatic heterocycles. The van der Waals surface area contributed by atoms with E-state index in [1.165, 1.54) is 18.9 Å². The SMILES string of the molecule is C[C]1CCC(C)O1. The fraction of sp³-hybridized carbons (Fsp3) is 0.833. The summed E-state index contributed by atoms with van der Waals surface area (Å²) in [5.74, 6) is 0. The van der Waals surface area contributed by atoms with Crippen molar-refractivity contribution in [2.75, 3.05) is 0 Å². The smallest absolute Gasteiger partial charge is 0.0944 e. The molecule has 41 valence electrons. The highest BCUT2D eigenvalue weighted by Crippen LogP contribution is 2.23. The minimum atomic E-state index is 0.486. The molecule has 1 fully saturated rings. The first-order chi connectivity index (χ1) is 3.29. The maximum Gasteiger partial charge on any atom is 0.0944 e. The van der Waals surface area contributed by atoms with Crippen LogP contribution in [0.2, 0.25) is 0 Å². The second-order valence-corrected chi connectivity index (χ2v) is 2.17. The van der Waals surface area contributed by atoms with E-state index >= 15 is 0 Å². The van der Waals surface area contributed by atoms with Crippen LogP contribution in [0.3, 0.4) is 0 Å².